The summed E-state index contributed by atoms with van der Waals surface area (Å²) >= 11 is 0. The molecule has 1 aliphatic rings. The highest BCUT2D eigenvalue weighted by Gasteiger charge is 2.26. The van der Waals surface area contributed by atoms with Crippen molar-refractivity contribution in [3.05, 3.63) is 24.3 Å². The minimum absolute atomic E-state index is 0.113. The van der Waals surface area contributed by atoms with E-state index in [1.165, 1.54) is 0 Å². The van der Waals surface area contributed by atoms with Crippen LogP contribution in [0.25, 0.3) is 0 Å². The molecule has 1 heterocycles. The zero-order valence-corrected chi connectivity index (χ0v) is 11.5. The Kier molecular flexibility index (Phi) is 3.92. The molecule has 0 aliphatic carbocycles. The summed E-state index contributed by atoms with van der Waals surface area (Å²) in [6, 6.07) is 7.24. The number of nitrogens with one attached hydrogen (secondary N) is 1. The van der Waals surface area contributed by atoms with Crippen LogP contribution in [0.3, 0.4) is 0 Å². The largest absolute Gasteiger partial charge is 0.379 e. The van der Waals surface area contributed by atoms with Crippen LogP contribution in [0.4, 0.5) is 5.69 Å². The van der Waals surface area contributed by atoms with E-state index in [1.54, 1.807) is 19.1 Å². The standard InChI is InChI=1S/C13H19NO3S/c1-3-18(15,16)13-7-5-4-6-12(13)14-11-8-9-17-10(11)2/h4-7,10-11,14H,3,8-9H2,1-2H3. The third-order valence-electron chi connectivity index (χ3n) is 3.32. The number of anilines is 1. The van der Waals surface area contributed by atoms with Gasteiger partial charge in [0.25, 0.3) is 0 Å². The van der Waals surface area contributed by atoms with Gasteiger partial charge in [-0.3, -0.25) is 0 Å². The van der Waals surface area contributed by atoms with Crippen LogP contribution in [-0.4, -0.2) is 32.9 Å². The van der Waals surface area contributed by atoms with E-state index in [1.807, 2.05) is 19.1 Å². The monoisotopic (exact) mass is 269 g/mol. The van der Waals surface area contributed by atoms with Gasteiger partial charge >= 0.3 is 0 Å². The molecule has 4 nitrogen and oxygen atoms in total. The van der Waals surface area contributed by atoms with Crippen molar-refractivity contribution in [1.82, 2.24) is 0 Å². The lowest BCUT2D eigenvalue weighted by Crippen LogP contribution is -2.27. The first-order valence-electron chi connectivity index (χ1n) is 6.24. The molecule has 1 aromatic carbocycles. The van der Waals surface area contributed by atoms with E-state index in [9.17, 15) is 8.42 Å². The van der Waals surface area contributed by atoms with Crippen molar-refractivity contribution in [2.45, 2.75) is 37.3 Å². The summed E-state index contributed by atoms with van der Waals surface area (Å²) in [6.45, 7) is 4.39. The number of para-hydroxylation sites is 1. The van der Waals surface area contributed by atoms with E-state index in [2.05, 4.69) is 5.32 Å². The van der Waals surface area contributed by atoms with Crippen LogP contribution < -0.4 is 5.32 Å². The Morgan fingerprint density at radius 2 is 2.11 bits per heavy atom. The molecule has 1 saturated heterocycles. The van der Waals surface area contributed by atoms with Gasteiger partial charge in [0.1, 0.15) is 0 Å². The molecule has 0 spiro atoms. The Labute approximate surface area is 108 Å². The molecule has 100 valence electrons. The van der Waals surface area contributed by atoms with Crippen molar-refractivity contribution in [1.29, 1.82) is 0 Å². The Morgan fingerprint density at radius 1 is 1.39 bits per heavy atom. The fourth-order valence-electron chi connectivity index (χ4n) is 2.13. The minimum Gasteiger partial charge on any atom is -0.379 e. The first-order valence-corrected chi connectivity index (χ1v) is 7.89. The minimum atomic E-state index is -3.19. The summed E-state index contributed by atoms with van der Waals surface area (Å²) in [5, 5.41) is 3.30. The van der Waals surface area contributed by atoms with E-state index in [-0.39, 0.29) is 17.9 Å². The smallest absolute Gasteiger partial charge is 0.180 e. The molecule has 1 N–H and O–H groups in total. The lowest BCUT2D eigenvalue weighted by atomic mass is 10.1. The number of rotatable bonds is 4. The molecule has 18 heavy (non-hydrogen) atoms. The highest BCUT2D eigenvalue weighted by Crippen LogP contribution is 2.25. The predicted octanol–water partition coefficient (Wildman–Crippen LogP) is 2.07. The average Bonchev–Trinajstić information content (AvgIpc) is 2.76. The van der Waals surface area contributed by atoms with Crippen LogP contribution in [0.2, 0.25) is 0 Å². The summed E-state index contributed by atoms with van der Waals surface area (Å²) in [7, 11) is -3.19. The Morgan fingerprint density at radius 3 is 2.72 bits per heavy atom. The summed E-state index contributed by atoms with van der Waals surface area (Å²) in [4.78, 5) is 0.381. The molecule has 0 amide bonds. The van der Waals surface area contributed by atoms with E-state index in [0.29, 0.717) is 10.6 Å². The topological polar surface area (TPSA) is 55.4 Å². The fraction of sp³-hybridized carbons (Fsp3) is 0.538. The van der Waals surface area contributed by atoms with Crippen LogP contribution in [-0.2, 0) is 14.6 Å². The first kappa shape index (κ1) is 13.4. The number of sulfone groups is 1. The van der Waals surface area contributed by atoms with Crippen molar-refractivity contribution in [2.75, 3.05) is 17.7 Å². The second-order valence-corrected chi connectivity index (χ2v) is 6.76. The van der Waals surface area contributed by atoms with Gasteiger partial charge in [-0.15, -0.1) is 0 Å². The summed E-state index contributed by atoms with van der Waals surface area (Å²) in [6.07, 6.45) is 1.02. The fourth-order valence-corrected chi connectivity index (χ4v) is 3.19. The highest BCUT2D eigenvalue weighted by atomic mass is 32.2. The Balaban J connectivity index is 2.28. The molecule has 0 bridgehead atoms. The number of hydrogen-bond acceptors (Lipinski definition) is 4. The SMILES string of the molecule is CCS(=O)(=O)c1ccccc1NC1CCOC1C. The van der Waals surface area contributed by atoms with E-state index in [0.717, 1.165) is 13.0 Å². The van der Waals surface area contributed by atoms with Gasteiger partial charge in [-0.25, -0.2) is 8.42 Å². The molecule has 2 rings (SSSR count). The van der Waals surface area contributed by atoms with Crippen LogP contribution in [0.1, 0.15) is 20.3 Å². The Hall–Kier alpha value is -1.07. The van der Waals surface area contributed by atoms with Crippen molar-refractivity contribution >= 4 is 15.5 Å². The average molecular weight is 269 g/mol. The second-order valence-electron chi connectivity index (χ2n) is 4.51. The van der Waals surface area contributed by atoms with E-state index >= 15 is 0 Å². The van der Waals surface area contributed by atoms with Crippen LogP contribution in [0.15, 0.2) is 29.2 Å². The third-order valence-corrected chi connectivity index (χ3v) is 5.11. The molecule has 0 saturated carbocycles. The first-order chi connectivity index (χ1) is 8.54. The van der Waals surface area contributed by atoms with Crippen molar-refractivity contribution in [2.24, 2.45) is 0 Å². The summed E-state index contributed by atoms with van der Waals surface area (Å²) < 4.78 is 29.5. The highest BCUT2D eigenvalue weighted by molar-refractivity contribution is 7.91. The number of hydrogen-bond donors (Lipinski definition) is 1. The molecular weight excluding hydrogens is 250 g/mol. The molecule has 0 aromatic heterocycles. The zero-order valence-electron chi connectivity index (χ0n) is 10.7. The molecule has 5 heteroatoms. The van der Waals surface area contributed by atoms with E-state index in [4.69, 9.17) is 4.74 Å². The van der Waals surface area contributed by atoms with Gasteiger partial charge in [-0.2, -0.15) is 0 Å². The molecule has 2 unspecified atom stereocenters. The van der Waals surface area contributed by atoms with Gasteiger partial charge in [0.15, 0.2) is 9.84 Å². The molecule has 1 aliphatic heterocycles. The zero-order chi connectivity index (χ0) is 13.2. The third kappa shape index (κ3) is 2.67. The van der Waals surface area contributed by atoms with Crippen LogP contribution in [0.5, 0.6) is 0 Å². The molecular formula is C13H19NO3S. The Bertz CT molecular complexity index is 513. The summed E-state index contributed by atoms with van der Waals surface area (Å²) in [5.41, 5.74) is 0.682. The van der Waals surface area contributed by atoms with E-state index < -0.39 is 9.84 Å². The van der Waals surface area contributed by atoms with Crippen LogP contribution >= 0.6 is 0 Å². The lowest BCUT2D eigenvalue weighted by molar-refractivity contribution is 0.121. The van der Waals surface area contributed by atoms with Gasteiger partial charge in [0, 0.05) is 6.61 Å². The van der Waals surface area contributed by atoms with Crippen molar-refractivity contribution < 1.29 is 13.2 Å². The van der Waals surface area contributed by atoms with Crippen molar-refractivity contribution in [3.63, 3.8) is 0 Å². The number of benzene rings is 1. The maximum atomic E-state index is 12.0. The molecule has 2 atom stereocenters. The van der Waals surface area contributed by atoms with Gasteiger partial charge < -0.3 is 10.1 Å². The van der Waals surface area contributed by atoms with Gasteiger partial charge in [0.2, 0.25) is 0 Å². The maximum absolute atomic E-state index is 12.0. The maximum Gasteiger partial charge on any atom is 0.180 e. The molecule has 0 radical (unpaired) electrons. The van der Waals surface area contributed by atoms with Crippen molar-refractivity contribution in [3.8, 4) is 0 Å². The second kappa shape index (κ2) is 5.28. The van der Waals surface area contributed by atoms with Crippen LogP contribution in [0, 0.1) is 0 Å². The summed E-state index contributed by atoms with van der Waals surface area (Å²) in [5.74, 6) is 0.114. The molecule has 1 fully saturated rings. The predicted molar refractivity (Wildman–Crippen MR) is 71.6 cm³/mol. The lowest BCUT2D eigenvalue weighted by Gasteiger charge is -2.19. The quantitative estimate of drug-likeness (QED) is 0.909. The molecule has 1 aromatic rings. The van der Waals surface area contributed by atoms with Gasteiger partial charge in [0.05, 0.1) is 28.5 Å². The number of ether oxygens (including phenoxy) is 1. The van der Waals surface area contributed by atoms with Gasteiger partial charge in [-0.05, 0) is 25.5 Å². The normalized spacial score (nSPS) is 24.1. The van der Waals surface area contributed by atoms with Gasteiger partial charge in [-0.1, -0.05) is 19.1 Å².